The fourth-order valence-electron chi connectivity index (χ4n) is 1.11. The van der Waals surface area contributed by atoms with Crippen LogP contribution < -0.4 is 4.74 Å². The third kappa shape index (κ3) is 2.18. The molecule has 1 aromatic carbocycles. The van der Waals surface area contributed by atoms with Crippen LogP contribution in [0.1, 0.15) is 15.9 Å². The van der Waals surface area contributed by atoms with E-state index in [-0.39, 0.29) is 0 Å². The lowest BCUT2D eigenvalue weighted by molar-refractivity contribution is 0.112. The maximum Gasteiger partial charge on any atom is 0.153 e. The maximum atomic E-state index is 10.6. The molecule has 2 heteroatoms. The van der Waals surface area contributed by atoms with Crippen molar-refractivity contribution in [1.82, 2.24) is 0 Å². The number of para-hydroxylation sites is 1. The molecule has 0 radical (unpaired) electrons. The number of aryl methyl sites for hydroxylation is 1. The van der Waals surface area contributed by atoms with Crippen LogP contribution in [0.2, 0.25) is 0 Å². The summed E-state index contributed by atoms with van der Waals surface area (Å²) in [6, 6.07) is 5.48. The highest BCUT2D eigenvalue weighted by molar-refractivity contribution is 5.80. The maximum absolute atomic E-state index is 10.6. The van der Waals surface area contributed by atoms with Gasteiger partial charge in [0.05, 0.1) is 5.56 Å². The molecule has 0 N–H and O–H groups in total. The van der Waals surface area contributed by atoms with E-state index in [0.717, 1.165) is 11.8 Å². The van der Waals surface area contributed by atoms with Gasteiger partial charge in [0, 0.05) is 0 Å². The van der Waals surface area contributed by atoms with Gasteiger partial charge in [0.25, 0.3) is 0 Å². The van der Waals surface area contributed by atoms with Crippen LogP contribution in [0.3, 0.4) is 0 Å². The van der Waals surface area contributed by atoms with Crippen molar-refractivity contribution in [1.29, 1.82) is 0 Å². The second kappa shape index (κ2) is 4.45. The van der Waals surface area contributed by atoms with Gasteiger partial charge in [-0.1, -0.05) is 24.8 Å². The Kier molecular flexibility index (Phi) is 3.26. The zero-order chi connectivity index (χ0) is 9.68. The van der Waals surface area contributed by atoms with E-state index in [0.29, 0.717) is 17.9 Å². The molecule has 0 aliphatic heterocycles. The van der Waals surface area contributed by atoms with Gasteiger partial charge < -0.3 is 4.74 Å². The second-order valence-electron chi connectivity index (χ2n) is 2.71. The SMILES string of the molecule is C=CCOc1c(C)cccc1C=O. The minimum Gasteiger partial charge on any atom is -0.489 e. The molecule has 0 aliphatic rings. The van der Waals surface area contributed by atoms with Crippen molar-refractivity contribution in [2.24, 2.45) is 0 Å². The van der Waals surface area contributed by atoms with Crippen LogP contribution in [0, 0.1) is 6.92 Å². The number of benzene rings is 1. The van der Waals surface area contributed by atoms with Gasteiger partial charge in [-0.25, -0.2) is 0 Å². The Labute approximate surface area is 77.8 Å². The van der Waals surface area contributed by atoms with Gasteiger partial charge in [0.2, 0.25) is 0 Å². The number of hydrogen-bond acceptors (Lipinski definition) is 2. The van der Waals surface area contributed by atoms with Crippen molar-refractivity contribution in [3.8, 4) is 5.75 Å². The van der Waals surface area contributed by atoms with Crippen LogP contribution >= 0.6 is 0 Å². The van der Waals surface area contributed by atoms with Crippen LogP contribution in [0.4, 0.5) is 0 Å². The third-order valence-electron chi connectivity index (χ3n) is 1.71. The van der Waals surface area contributed by atoms with Crippen molar-refractivity contribution in [3.63, 3.8) is 0 Å². The Morgan fingerprint density at radius 1 is 1.54 bits per heavy atom. The monoisotopic (exact) mass is 176 g/mol. The largest absolute Gasteiger partial charge is 0.489 e. The van der Waals surface area contributed by atoms with E-state index >= 15 is 0 Å². The van der Waals surface area contributed by atoms with Gasteiger partial charge in [0.15, 0.2) is 6.29 Å². The summed E-state index contributed by atoms with van der Waals surface area (Å²) in [6.07, 6.45) is 2.45. The first-order chi connectivity index (χ1) is 6.29. The zero-order valence-electron chi connectivity index (χ0n) is 7.62. The number of carbonyl (C=O) groups is 1. The van der Waals surface area contributed by atoms with E-state index in [2.05, 4.69) is 6.58 Å². The number of aldehydes is 1. The standard InChI is InChI=1S/C11H12O2/c1-3-7-13-11-9(2)5-4-6-10(11)8-12/h3-6,8H,1,7H2,2H3. The highest BCUT2D eigenvalue weighted by Gasteiger charge is 2.04. The molecule has 0 saturated heterocycles. The molecule has 0 spiro atoms. The molecule has 0 amide bonds. The molecule has 0 atom stereocenters. The highest BCUT2D eigenvalue weighted by Crippen LogP contribution is 2.21. The summed E-state index contributed by atoms with van der Waals surface area (Å²) in [5.41, 5.74) is 1.55. The Hall–Kier alpha value is -1.57. The molecule has 0 saturated carbocycles. The molecular weight excluding hydrogens is 164 g/mol. The second-order valence-corrected chi connectivity index (χ2v) is 2.71. The number of rotatable bonds is 4. The first-order valence-corrected chi connectivity index (χ1v) is 4.08. The van der Waals surface area contributed by atoms with Crippen molar-refractivity contribution < 1.29 is 9.53 Å². The van der Waals surface area contributed by atoms with E-state index in [9.17, 15) is 4.79 Å². The minimum atomic E-state index is 0.422. The average molecular weight is 176 g/mol. The molecule has 0 bridgehead atoms. The molecule has 68 valence electrons. The van der Waals surface area contributed by atoms with Gasteiger partial charge in [0.1, 0.15) is 12.4 Å². The summed E-state index contributed by atoms with van der Waals surface area (Å²) in [5.74, 6) is 0.650. The zero-order valence-corrected chi connectivity index (χ0v) is 7.62. The molecule has 0 aromatic heterocycles. The van der Waals surface area contributed by atoms with Crippen LogP contribution in [0.5, 0.6) is 5.75 Å². The van der Waals surface area contributed by atoms with Crippen LogP contribution in [0.15, 0.2) is 30.9 Å². The van der Waals surface area contributed by atoms with Crippen molar-refractivity contribution in [2.75, 3.05) is 6.61 Å². The van der Waals surface area contributed by atoms with Gasteiger partial charge in [-0.3, -0.25) is 4.79 Å². The Balaban J connectivity index is 2.99. The third-order valence-corrected chi connectivity index (χ3v) is 1.71. The summed E-state index contributed by atoms with van der Waals surface area (Å²) in [5, 5.41) is 0. The molecule has 13 heavy (non-hydrogen) atoms. The average Bonchev–Trinajstić information content (AvgIpc) is 2.15. The van der Waals surface area contributed by atoms with Crippen LogP contribution in [-0.2, 0) is 0 Å². The normalized spacial score (nSPS) is 9.31. The molecule has 0 heterocycles. The lowest BCUT2D eigenvalue weighted by atomic mass is 10.1. The van der Waals surface area contributed by atoms with Gasteiger partial charge >= 0.3 is 0 Å². The van der Waals surface area contributed by atoms with E-state index in [1.54, 1.807) is 12.1 Å². The van der Waals surface area contributed by atoms with Crippen molar-refractivity contribution >= 4 is 6.29 Å². The first-order valence-electron chi connectivity index (χ1n) is 4.08. The topological polar surface area (TPSA) is 26.3 Å². The summed E-state index contributed by atoms with van der Waals surface area (Å²) in [6.45, 7) is 5.88. The van der Waals surface area contributed by atoms with E-state index in [1.807, 2.05) is 19.1 Å². The lowest BCUT2D eigenvalue weighted by Crippen LogP contribution is -1.98. The number of hydrogen-bond donors (Lipinski definition) is 0. The van der Waals surface area contributed by atoms with Crippen LogP contribution in [-0.4, -0.2) is 12.9 Å². The van der Waals surface area contributed by atoms with Crippen molar-refractivity contribution in [2.45, 2.75) is 6.92 Å². The minimum absolute atomic E-state index is 0.422. The number of ether oxygens (including phenoxy) is 1. The predicted molar refractivity (Wildman–Crippen MR) is 52.3 cm³/mol. The van der Waals surface area contributed by atoms with Gasteiger partial charge in [-0.05, 0) is 18.6 Å². The quantitative estimate of drug-likeness (QED) is 0.520. The molecule has 0 unspecified atom stereocenters. The Morgan fingerprint density at radius 3 is 2.92 bits per heavy atom. The molecule has 1 rings (SSSR count). The Bertz CT molecular complexity index is 316. The summed E-state index contributed by atoms with van der Waals surface area (Å²) >= 11 is 0. The number of carbonyl (C=O) groups excluding carboxylic acids is 1. The summed E-state index contributed by atoms with van der Waals surface area (Å²) < 4.78 is 5.36. The van der Waals surface area contributed by atoms with E-state index in [4.69, 9.17) is 4.74 Å². The van der Waals surface area contributed by atoms with Crippen LogP contribution in [0.25, 0.3) is 0 Å². The molecule has 0 aliphatic carbocycles. The lowest BCUT2D eigenvalue weighted by Gasteiger charge is -2.08. The van der Waals surface area contributed by atoms with Gasteiger partial charge in [-0.2, -0.15) is 0 Å². The summed E-state index contributed by atoms with van der Waals surface area (Å²) in [7, 11) is 0. The fraction of sp³-hybridized carbons (Fsp3) is 0.182. The fourth-order valence-corrected chi connectivity index (χ4v) is 1.11. The smallest absolute Gasteiger partial charge is 0.153 e. The molecule has 0 fully saturated rings. The van der Waals surface area contributed by atoms with Crippen molar-refractivity contribution in [3.05, 3.63) is 42.0 Å². The van der Waals surface area contributed by atoms with Gasteiger partial charge in [-0.15, -0.1) is 0 Å². The summed E-state index contributed by atoms with van der Waals surface area (Å²) in [4.78, 5) is 10.6. The Morgan fingerprint density at radius 2 is 2.31 bits per heavy atom. The van der Waals surface area contributed by atoms with E-state index < -0.39 is 0 Å². The molecule has 1 aromatic rings. The predicted octanol–water partition coefficient (Wildman–Crippen LogP) is 2.37. The highest BCUT2D eigenvalue weighted by atomic mass is 16.5. The molecule has 2 nitrogen and oxygen atoms in total. The molecular formula is C11H12O2. The van der Waals surface area contributed by atoms with E-state index in [1.165, 1.54) is 0 Å². The first kappa shape index (κ1) is 9.52.